The van der Waals surface area contributed by atoms with Gasteiger partial charge in [-0.05, 0) is 49.9 Å². The minimum absolute atomic E-state index is 0.141. The minimum atomic E-state index is -0.141. The van der Waals surface area contributed by atoms with Gasteiger partial charge in [0.1, 0.15) is 5.82 Å². The van der Waals surface area contributed by atoms with Crippen LogP contribution in [0.25, 0.3) is 0 Å². The van der Waals surface area contributed by atoms with Crippen molar-refractivity contribution in [3.05, 3.63) is 30.1 Å². The minimum Gasteiger partial charge on any atom is -0.316 e. The van der Waals surface area contributed by atoms with E-state index >= 15 is 0 Å². The van der Waals surface area contributed by atoms with Gasteiger partial charge in [-0.1, -0.05) is 25.8 Å². The first-order chi connectivity index (χ1) is 9.19. The van der Waals surface area contributed by atoms with E-state index in [1.165, 1.54) is 31.7 Å². The number of nitrogens with one attached hydrogen (secondary N) is 1. The first-order valence-electron chi connectivity index (χ1n) is 7.24. The molecule has 1 aliphatic rings. The summed E-state index contributed by atoms with van der Waals surface area (Å²) in [6.45, 7) is 2.35. The summed E-state index contributed by atoms with van der Waals surface area (Å²) in [6, 6.07) is 7.45. The lowest BCUT2D eigenvalue weighted by Crippen LogP contribution is -2.37. The fourth-order valence-electron chi connectivity index (χ4n) is 2.89. The number of thioether (sulfide) groups is 1. The smallest absolute Gasteiger partial charge is 0.124 e. The van der Waals surface area contributed by atoms with Crippen molar-refractivity contribution in [1.82, 2.24) is 5.32 Å². The van der Waals surface area contributed by atoms with Gasteiger partial charge in [0, 0.05) is 16.7 Å². The fourth-order valence-corrected chi connectivity index (χ4v) is 4.07. The molecule has 0 aromatic heterocycles. The molecule has 0 radical (unpaired) electrons. The Morgan fingerprint density at radius 3 is 2.68 bits per heavy atom. The molecular weight excluding hydrogens is 257 g/mol. The summed E-state index contributed by atoms with van der Waals surface area (Å²) in [6.07, 6.45) is 5.37. The molecule has 19 heavy (non-hydrogen) atoms. The van der Waals surface area contributed by atoms with Crippen LogP contribution < -0.4 is 5.32 Å². The van der Waals surface area contributed by atoms with E-state index in [1.807, 2.05) is 6.07 Å². The Hall–Kier alpha value is -0.540. The maximum atomic E-state index is 13.1. The molecule has 1 aromatic rings. The van der Waals surface area contributed by atoms with Crippen LogP contribution in [0.2, 0.25) is 0 Å². The van der Waals surface area contributed by atoms with Crippen LogP contribution in [-0.2, 0) is 0 Å². The molecule has 3 heteroatoms. The number of hydrogen-bond donors (Lipinski definition) is 1. The molecule has 0 heterocycles. The largest absolute Gasteiger partial charge is 0.316 e. The average Bonchev–Trinajstić information content (AvgIpc) is 2.41. The third-order valence-corrected chi connectivity index (χ3v) is 5.34. The zero-order chi connectivity index (χ0) is 13.7. The van der Waals surface area contributed by atoms with Gasteiger partial charge in [0.2, 0.25) is 0 Å². The third kappa shape index (κ3) is 4.50. The average molecular weight is 281 g/mol. The Morgan fingerprint density at radius 2 is 2.05 bits per heavy atom. The van der Waals surface area contributed by atoms with Gasteiger partial charge in [-0.3, -0.25) is 0 Å². The van der Waals surface area contributed by atoms with Crippen LogP contribution in [0.3, 0.4) is 0 Å². The molecule has 1 fully saturated rings. The molecule has 2 rings (SSSR count). The summed E-state index contributed by atoms with van der Waals surface area (Å²) in [5.74, 6) is 2.56. The molecule has 1 aliphatic carbocycles. The third-order valence-electron chi connectivity index (χ3n) is 4.23. The van der Waals surface area contributed by atoms with Gasteiger partial charge >= 0.3 is 0 Å². The molecule has 0 aliphatic heterocycles. The van der Waals surface area contributed by atoms with Crippen molar-refractivity contribution in [2.24, 2.45) is 11.8 Å². The van der Waals surface area contributed by atoms with E-state index in [0.717, 1.165) is 22.5 Å². The highest BCUT2D eigenvalue weighted by atomic mass is 32.2. The standard InChI is InChI=1S/C16H24FNS/c1-12-6-8-13(9-7-12)16(18-2)11-19-15-5-3-4-14(17)10-15/h3-5,10,12-13,16,18H,6-9,11H2,1-2H3. The lowest BCUT2D eigenvalue weighted by molar-refractivity contribution is 0.248. The van der Waals surface area contributed by atoms with E-state index in [1.54, 1.807) is 23.9 Å². The summed E-state index contributed by atoms with van der Waals surface area (Å²) >= 11 is 1.76. The van der Waals surface area contributed by atoms with E-state index in [-0.39, 0.29) is 5.82 Å². The molecule has 106 valence electrons. The first kappa shape index (κ1) is 14.9. The van der Waals surface area contributed by atoms with Crippen LogP contribution in [0.5, 0.6) is 0 Å². The second kappa shape index (κ2) is 7.30. The number of hydrogen-bond acceptors (Lipinski definition) is 2. The quantitative estimate of drug-likeness (QED) is 0.806. The van der Waals surface area contributed by atoms with Crippen molar-refractivity contribution >= 4 is 11.8 Å². The van der Waals surface area contributed by atoms with E-state index in [4.69, 9.17) is 0 Å². The molecular formula is C16H24FNS. The van der Waals surface area contributed by atoms with Crippen molar-refractivity contribution in [3.8, 4) is 0 Å². The summed E-state index contributed by atoms with van der Waals surface area (Å²) in [5, 5.41) is 3.46. The van der Waals surface area contributed by atoms with Crippen LogP contribution in [0.1, 0.15) is 32.6 Å². The molecule has 1 aromatic carbocycles. The highest BCUT2D eigenvalue weighted by molar-refractivity contribution is 7.99. The van der Waals surface area contributed by atoms with Crippen LogP contribution >= 0.6 is 11.8 Å². The molecule has 1 unspecified atom stereocenters. The topological polar surface area (TPSA) is 12.0 Å². The summed E-state index contributed by atoms with van der Waals surface area (Å²) < 4.78 is 13.1. The molecule has 1 atom stereocenters. The van der Waals surface area contributed by atoms with Crippen molar-refractivity contribution in [2.75, 3.05) is 12.8 Å². The van der Waals surface area contributed by atoms with Gasteiger partial charge in [-0.2, -0.15) is 0 Å². The first-order valence-corrected chi connectivity index (χ1v) is 8.23. The highest BCUT2D eigenvalue weighted by Gasteiger charge is 2.25. The number of benzene rings is 1. The van der Waals surface area contributed by atoms with E-state index in [2.05, 4.69) is 19.3 Å². The Kier molecular flexibility index (Phi) is 5.71. The van der Waals surface area contributed by atoms with E-state index in [9.17, 15) is 4.39 Å². The van der Waals surface area contributed by atoms with Gasteiger partial charge in [0.15, 0.2) is 0 Å². The molecule has 0 amide bonds. The fraction of sp³-hybridized carbons (Fsp3) is 0.625. The van der Waals surface area contributed by atoms with Gasteiger partial charge in [-0.25, -0.2) is 4.39 Å². The molecule has 1 saturated carbocycles. The predicted molar refractivity (Wildman–Crippen MR) is 81.1 cm³/mol. The van der Waals surface area contributed by atoms with Gasteiger partial charge in [0.25, 0.3) is 0 Å². The molecule has 0 bridgehead atoms. The molecule has 1 N–H and O–H groups in total. The van der Waals surface area contributed by atoms with E-state index < -0.39 is 0 Å². The van der Waals surface area contributed by atoms with Crippen LogP contribution in [0.4, 0.5) is 4.39 Å². The Morgan fingerprint density at radius 1 is 1.32 bits per heavy atom. The SMILES string of the molecule is CNC(CSc1cccc(F)c1)C1CCC(C)CC1. The summed E-state index contributed by atoms with van der Waals surface area (Å²) in [4.78, 5) is 1.03. The van der Waals surface area contributed by atoms with Crippen LogP contribution in [-0.4, -0.2) is 18.8 Å². The number of halogens is 1. The Balaban J connectivity index is 1.85. The zero-order valence-electron chi connectivity index (χ0n) is 11.9. The second-order valence-electron chi connectivity index (χ2n) is 5.68. The van der Waals surface area contributed by atoms with Crippen LogP contribution in [0.15, 0.2) is 29.2 Å². The molecule has 0 saturated heterocycles. The maximum absolute atomic E-state index is 13.1. The van der Waals surface area contributed by atoms with Crippen molar-refractivity contribution in [2.45, 2.75) is 43.5 Å². The summed E-state index contributed by atoms with van der Waals surface area (Å²) in [5.41, 5.74) is 0. The summed E-state index contributed by atoms with van der Waals surface area (Å²) in [7, 11) is 2.05. The second-order valence-corrected chi connectivity index (χ2v) is 6.78. The van der Waals surface area contributed by atoms with Crippen molar-refractivity contribution in [1.29, 1.82) is 0 Å². The lowest BCUT2D eigenvalue weighted by atomic mass is 9.80. The zero-order valence-corrected chi connectivity index (χ0v) is 12.7. The van der Waals surface area contributed by atoms with Gasteiger partial charge in [0.05, 0.1) is 0 Å². The monoisotopic (exact) mass is 281 g/mol. The van der Waals surface area contributed by atoms with Gasteiger partial charge < -0.3 is 5.32 Å². The molecule has 1 nitrogen and oxygen atoms in total. The maximum Gasteiger partial charge on any atom is 0.124 e. The molecule has 0 spiro atoms. The van der Waals surface area contributed by atoms with Crippen molar-refractivity contribution in [3.63, 3.8) is 0 Å². The number of rotatable bonds is 5. The van der Waals surface area contributed by atoms with Gasteiger partial charge in [-0.15, -0.1) is 11.8 Å². The highest BCUT2D eigenvalue weighted by Crippen LogP contribution is 2.32. The predicted octanol–water partition coefficient (Wildman–Crippen LogP) is 4.33. The Bertz CT molecular complexity index is 388. The van der Waals surface area contributed by atoms with E-state index in [0.29, 0.717) is 6.04 Å². The van der Waals surface area contributed by atoms with Crippen molar-refractivity contribution < 1.29 is 4.39 Å². The lowest BCUT2D eigenvalue weighted by Gasteiger charge is -2.32. The Labute approximate surface area is 120 Å². The van der Waals surface area contributed by atoms with Crippen LogP contribution in [0, 0.1) is 17.7 Å². The normalized spacial score (nSPS) is 25.2.